The Labute approximate surface area is 213 Å². The molecule has 1 atom stereocenters. The standard InChI is InChI=1S/C27H29F2N3O3S/c1-19-9-11-23(36-19)17-31(15-20-6-3-2-4-7-20)26(33)18-32(16-22-8-5-13-35-22)27(34)30-25-12-10-21(28)14-24(25)29/h2-4,6-7,9-12,14,22H,5,8,13,15-18H2,1H3,(H,30,34). The first-order valence-corrected chi connectivity index (χ1v) is 12.7. The Morgan fingerprint density at radius 3 is 2.53 bits per heavy atom. The van der Waals surface area contributed by atoms with Crippen molar-refractivity contribution in [1.82, 2.24) is 9.80 Å². The van der Waals surface area contributed by atoms with E-state index in [2.05, 4.69) is 5.32 Å². The maximum atomic E-state index is 14.2. The molecule has 1 N–H and O–H groups in total. The van der Waals surface area contributed by atoms with Gasteiger partial charge in [0.1, 0.15) is 18.2 Å². The van der Waals surface area contributed by atoms with E-state index < -0.39 is 17.7 Å². The molecular weight excluding hydrogens is 484 g/mol. The van der Waals surface area contributed by atoms with Crippen LogP contribution in [0.1, 0.15) is 28.2 Å². The zero-order valence-electron chi connectivity index (χ0n) is 20.1. The first-order chi connectivity index (χ1) is 17.4. The van der Waals surface area contributed by atoms with Crippen LogP contribution in [0.3, 0.4) is 0 Å². The van der Waals surface area contributed by atoms with Crippen LogP contribution >= 0.6 is 11.3 Å². The Kier molecular flexibility index (Phi) is 8.66. The number of halogens is 2. The summed E-state index contributed by atoms with van der Waals surface area (Å²) in [6.45, 7) is 3.40. The van der Waals surface area contributed by atoms with Crippen LogP contribution in [-0.2, 0) is 22.6 Å². The smallest absolute Gasteiger partial charge is 0.322 e. The molecule has 1 saturated heterocycles. The van der Waals surface area contributed by atoms with Crippen molar-refractivity contribution in [2.75, 3.05) is 25.0 Å². The van der Waals surface area contributed by atoms with E-state index in [4.69, 9.17) is 4.74 Å². The largest absolute Gasteiger partial charge is 0.376 e. The normalized spacial score (nSPS) is 15.0. The summed E-state index contributed by atoms with van der Waals surface area (Å²) in [5.74, 6) is -1.86. The number of carbonyl (C=O) groups is 2. The Morgan fingerprint density at radius 1 is 1.06 bits per heavy atom. The van der Waals surface area contributed by atoms with E-state index in [1.165, 1.54) is 4.90 Å². The fourth-order valence-corrected chi connectivity index (χ4v) is 5.00. The Balaban J connectivity index is 1.52. The minimum absolute atomic E-state index is 0.151. The molecule has 1 unspecified atom stereocenters. The van der Waals surface area contributed by atoms with Crippen LogP contribution in [0.15, 0.2) is 60.7 Å². The molecule has 0 bridgehead atoms. The number of ether oxygens (including phenoxy) is 1. The average molecular weight is 514 g/mol. The summed E-state index contributed by atoms with van der Waals surface area (Å²) < 4.78 is 33.2. The predicted octanol–water partition coefficient (Wildman–Crippen LogP) is 5.58. The maximum absolute atomic E-state index is 14.2. The number of hydrogen-bond donors (Lipinski definition) is 1. The molecule has 3 amide bonds. The second-order valence-electron chi connectivity index (χ2n) is 8.82. The quantitative estimate of drug-likeness (QED) is 0.407. The third-order valence-electron chi connectivity index (χ3n) is 5.95. The van der Waals surface area contributed by atoms with Crippen molar-refractivity contribution >= 4 is 29.0 Å². The highest BCUT2D eigenvalue weighted by Gasteiger charge is 2.27. The zero-order chi connectivity index (χ0) is 25.5. The van der Waals surface area contributed by atoms with E-state index in [0.29, 0.717) is 25.8 Å². The van der Waals surface area contributed by atoms with Crippen molar-refractivity contribution in [1.29, 1.82) is 0 Å². The molecule has 1 fully saturated rings. The molecule has 4 rings (SSSR count). The van der Waals surface area contributed by atoms with Crippen LogP contribution in [0.4, 0.5) is 19.3 Å². The Morgan fingerprint density at radius 2 is 1.86 bits per heavy atom. The number of anilines is 1. The first-order valence-electron chi connectivity index (χ1n) is 11.9. The molecule has 1 aliphatic rings. The average Bonchev–Trinajstić information content (AvgIpc) is 3.52. The lowest BCUT2D eigenvalue weighted by Gasteiger charge is -2.29. The second-order valence-corrected chi connectivity index (χ2v) is 10.2. The molecule has 1 aliphatic heterocycles. The van der Waals surface area contributed by atoms with Gasteiger partial charge in [-0.15, -0.1) is 11.3 Å². The summed E-state index contributed by atoms with van der Waals surface area (Å²) in [6, 6.07) is 16.0. The van der Waals surface area contributed by atoms with Gasteiger partial charge in [0.05, 0.1) is 18.3 Å². The van der Waals surface area contributed by atoms with E-state index >= 15 is 0 Å². The fourth-order valence-electron chi connectivity index (χ4n) is 4.10. The van der Waals surface area contributed by atoms with Gasteiger partial charge in [-0.05, 0) is 49.6 Å². The molecule has 9 heteroatoms. The van der Waals surface area contributed by atoms with Gasteiger partial charge >= 0.3 is 6.03 Å². The number of thiophene rings is 1. The second kappa shape index (κ2) is 12.1. The van der Waals surface area contributed by atoms with Crippen molar-refractivity contribution in [2.45, 2.75) is 39.0 Å². The number of carbonyl (C=O) groups excluding carboxylic acids is 2. The van der Waals surface area contributed by atoms with Gasteiger partial charge in [-0.1, -0.05) is 30.3 Å². The summed E-state index contributed by atoms with van der Waals surface area (Å²) in [5, 5.41) is 2.48. The molecule has 0 aliphatic carbocycles. The van der Waals surface area contributed by atoms with E-state index in [9.17, 15) is 18.4 Å². The van der Waals surface area contributed by atoms with Crippen molar-refractivity contribution in [3.05, 3.63) is 87.6 Å². The van der Waals surface area contributed by atoms with Crippen molar-refractivity contribution < 1.29 is 23.1 Å². The monoisotopic (exact) mass is 513 g/mol. The van der Waals surface area contributed by atoms with Crippen LogP contribution in [0.2, 0.25) is 0 Å². The van der Waals surface area contributed by atoms with Gasteiger partial charge < -0.3 is 19.9 Å². The Bertz CT molecular complexity index is 1180. The van der Waals surface area contributed by atoms with Crippen LogP contribution in [-0.4, -0.2) is 47.5 Å². The summed E-state index contributed by atoms with van der Waals surface area (Å²) >= 11 is 1.62. The fraction of sp³-hybridized carbons (Fsp3) is 0.333. The predicted molar refractivity (Wildman–Crippen MR) is 136 cm³/mol. The summed E-state index contributed by atoms with van der Waals surface area (Å²) in [4.78, 5) is 32.0. The SMILES string of the molecule is Cc1ccc(CN(Cc2ccccc2)C(=O)CN(CC2CCCO2)C(=O)Nc2ccc(F)cc2F)s1. The lowest BCUT2D eigenvalue weighted by atomic mass is 10.2. The number of urea groups is 1. The lowest BCUT2D eigenvalue weighted by Crippen LogP contribution is -2.46. The summed E-state index contributed by atoms with van der Waals surface area (Å²) in [7, 11) is 0. The minimum Gasteiger partial charge on any atom is -0.376 e. The highest BCUT2D eigenvalue weighted by atomic mass is 32.1. The van der Waals surface area contributed by atoms with E-state index in [1.807, 2.05) is 49.4 Å². The molecule has 190 valence electrons. The first kappa shape index (κ1) is 25.8. The number of hydrogen-bond acceptors (Lipinski definition) is 4. The van der Waals surface area contributed by atoms with Gasteiger partial charge in [0.2, 0.25) is 5.91 Å². The molecule has 36 heavy (non-hydrogen) atoms. The molecule has 0 saturated carbocycles. The van der Waals surface area contributed by atoms with E-state index in [-0.39, 0.29) is 30.8 Å². The van der Waals surface area contributed by atoms with Gasteiger partial charge in [0.25, 0.3) is 0 Å². The number of amides is 3. The maximum Gasteiger partial charge on any atom is 0.322 e. The van der Waals surface area contributed by atoms with Crippen molar-refractivity contribution in [2.24, 2.45) is 0 Å². The summed E-state index contributed by atoms with van der Waals surface area (Å²) in [5.41, 5.74) is 0.823. The van der Waals surface area contributed by atoms with Gasteiger partial charge in [-0.25, -0.2) is 13.6 Å². The summed E-state index contributed by atoms with van der Waals surface area (Å²) in [6.07, 6.45) is 1.44. The van der Waals surface area contributed by atoms with Crippen molar-refractivity contribution in [3.8, 4) is 0 Å². The van der Waals surface area contributed by atoms with Crippen LogP contribution < -0.4 is 5.32 Å². The topological polar surface area (TPSA) is 61.9 Å². The third-order valence-corrected chi connectivity index (χ3v) is 6.93. The number of rotatable bonds is 9. The molecule has 1 aromatic heterocycles. The number of aryl methyl sites for hydroxylation is 1. The van der Waals surface area contributed by atoms with Crippen LogP contribution in [0.5, 0.6) is 0 Å². The molecule has 3 aromatic rings. The van der Waals surface area contributed by atoms with Crippen LogP contribution in [0, 0.1) is 18.6 Å². The number of nitrogens with one attached hydrogen (secondary N) is 1. The third kappa shape index (κ3) is 7.11. The van der Waals surface area contributed by atoms with Gasteiger partial charge in [0, 0.05) is 35.5 Å². The molecule has 0 radical (unpaired) electrons. The minimum atomic E-state index is -0.884. The molecule has 6 nitrogen and oxygen atoms in total. The lowest BCUT2D eigenvalue weighted by molar-refractivity contribution is -0.133. The van der Waals surface area contributed by atoms with Gasteiger partial charge in [-0.2, -0.15) is 0 Å². The highest BCUT2D eigenvalue weighted by molar-refractivity contribution is 7.11. The van der Waals surface area contributed by atoms with Gasteiger partial charge in [-0.3, -0.25) is 4.79 Å². The van der Waals surface area contributed by atoms with Crippen LogP contribution in [0.25, 0.3) is 0 Å². The van der Waals surface area contributed by atoms with Crippen molar-refractivity contribution in [3.63, 3.8) is 0 Å². The molecule has 2 aromatic carbocycles. The highest BCUT2D eigenvalue weighted by Crippen LogP contribution is 2.21. The zero-order valence-corrected chi connectivity index (χ0v) is 20.9. The molecule has 0 spiro atoms. The Hall–Kier alpha value is -3.30. The number of nitrogens with zero attached hydrogens (tertiary/aromatic N) is 2. The van der Waals surface area contributed by atoms with E-state index in [1.54, 1.807) is 16.2 Å². The number of benzene rings is 2. The molecule has 2 heterocycles. The molecular formula is C27H29F2N3O3S. The van der Waals surface area contributed by atoms with Gasteiger partial charge in [0.15, 0.2) is 0 Å². The van der Waals surface area contributed by atoms with E-state index in [0.717, 1.165) is 40.3 Å².